The fraction of sp³-hybridized carbons (Fsp3) is 0.400. The highest BCUT2D eigenvalue weighted by molar-refractivity contribution is 9.12. The first-order chi connectivity index (χ1) is 4.89. The third-order valence-electron chi connectivity index (χ3n) is 0.805. The van der Waals surface area contributed by atoms with Gasteiger partial charge >= 0.3 is 6.18 Å². The van der Waals surface area contributed by atoms with Gasteiger partial charge in [-0.2, -0.15) is 13.2 Å². The molecule has 11 heavy (non-hydrogen) atoms. The van der Waals surface area contributed by atoms with Crippen LogP contribution in [0.25, 0.3) is 0 Å². The number of hydrogen-bond acceptors (Lipinski definition) is 2. The summed E-state index contributed by atoms with van der Waals surface area (Å²) >= 11 is 2.62. The predicted octanol–water partition coefficient (Wildman–Crippen LogP) is 1.81. The summed E-state index contributed by atoms with van der Waals surface area (Å²) in [5.41, 5.74) is 3.52. The minimum absolute atomic E-state index is 0.257. The molecule has 0 aromatic heterocycles. The summed E-state index contributed by atoms with van der Waals surface area (Å²) in [6, 6.07) is 0. The normalized spacial score (nSPS) is 15.4. The molecule has 2 nitrogen and oxygen atoms in total. The Hall–Kier alpha value is -0.520. The Labute approximate surface area is 70.1 Å². The lowest BCUT2D eigenvalue weighted by Gasteiger charge is -2.06. The Bertz CT molecular complexity index is 194. The van der Waals surface area contributed by atoms with Crippen LogP contribution in [0.4, 0.5) is 13.2 Å². The zero-order valence-corrected chi connectivity index (χ0v) is 7.20. The van der Waals surface area contributed by atoms with Crippen molar-refractivity contribution >= 4 is 22.1 Å². The Morgan fingerprint density at radius 3 is 2.27 bits per heavy atom. The zero-order chi connectivity index (χ0) is 9.07. The summed E-state index contributed by atoms with van der Waals surface area (Å²) < 4.78 is 35.0. The second-order valence-electron chi connectivity index (χ2n) is 1.65. The van der Waals surface area contributed by atoms with Crippen LogP contribution in [-0.4, -0.2) is 19.4 Å². The van der Waals surface area contributed by atoms with E-state index in [0.717, 1.165) is 6.21 Å². The van der Waals surface area contributed by atoms with Crippen LogP contribution in [0.3, 0.4) is 0 Å². The second kappa shape index (κ2) is 3.75. The molecule has 0 aromatic carbocycles. The average Bonchev–Trinajstić information content (AvgIpc) is 1.85. The largest absolute Gasteiger partial charge is 0.431 e. The van der Waals surface area contributed by atoms with Crippen LogP contribution >= 0.6 is 15.9 Å². The van der Waals surface area contributed by atoms with Gasteiger partial charge in [0.1, 0.15) is 5.70 Å². The molecule has 0 aliphatic carbocycles. The summed E-state index contributed by atoms with van der Waals surface area (Å²) in [6.45, 7) is 0. The van der Waals surface area contributed by atoms with Gasteiger partial charge in [-0.05, 0) is 15.9 Å². The van der Waals surface area contributed by atoms with E-state index in [0.29, 0.717) is 0 Å². The van der Waals surface area contributed by atoms with Gasteiger partial charge in [0.15, 0.2) is 0 Å². The maximum atomic E-state index is 11.7. The number of allylic oxidation sites excluding steroid dienone is 2. The van der Waals surface area contributed by atoms with Gasteiger partial charge in [0.05, 0.1) is 4.48 Å². The third-order valence-corrected chi connectivity index (χ3v) is 1.44. The van der Waals surface area contributed by atoms with Gasteiger partial charge in [-0.15, -0.1) is 0 Å². The van der Waals surface area contributed by atoms with Gasteiger partial charge in [0.2, 0.25) is 0 Å². The Balaban J connectivity index is 4.67. The number of nitrogens with two attached hydrogens (primary N) is 1. The number of halogens is 4. The summed E-state index contributed by atoms with van der Waals surface area (Å²) in [5, 5.41) is 0. The van der Waals surface area contributed by atoms with Crippen LogP contribution in [-0.2, 0) is 0 Å². The van der Waals surface area contributed by atoms with E-state index in [1.54, 1.807) is 0 Å². The van der Waals surface area contributed by atoms with E-state index in [4.69, 9.17) is 5.73 Å². The van der Waals surface area contributed by atoms with Crippen molar-refractivity contribution in [3.05, 3.63) is 10.2 Å². The van der Waals surface area contributed by atoms with E-state index < -0.39 is 11.9 Å². The highest BCUT2D eigenvalue weighted by Gasteiger charge is 2.33. The second-order valence-corrected chi connectivity index (χ2v) is 2.50. The van der Waals surface area contributed by atoms with E-state index in [1.807, 2.05) is 0 Å². The SMILES string of the molecule is CN=CC(Br)=C(N)C(F)(F)F. The molecular weight excluding hydrogens is 225 g/mol. The van der Waals surface area contributed by atoms with Crippen molar-refractivity contribution in [2.24, 2.45) is 10.7 Å². The van der Waals surface area contributed by atoms with Crippen LogP contribution in [0.1, 0.15) is 0 Å². The van der Waals surface area contributed by atoms with Crippen LogP contribution in [0.15, 0.2) is 15.2 Å². The minimum Gasteiger partial charge on any atom is -0.394 e. The molecule has 6 heteroatoms. The Kier molecular flexibility index (Phi) is 3.57. The molecule has 0 heterocycles. The molecule has 0 saturated carbocycles. The van der Waals surface area contributed by atoms with Crippen LogP contribution in [0, 0.1) is 0 Å². The third kappa shape index (κ3) is 3.41. The molecule has 64 valence electrons. The lowest BCUT2D eigenvalue weighted by atomic mass is 10.4. The summed E-state index contributed by atoms with van der Waals surface area (Å²) in [6.07, 6.45) is -3.51. The number of hydrogen-bond donors (Lipinski definition) is 1. The fourth-order valence-corrected chi connectivity index (χ4v) is 0.748. The van der Waals surface area contributed by atoms with Crippen molar-refractivity contribution in [2.45, 2.75) is 6.18 Å². The monoisotopic (exact) mass is 230 g/mol. The van der Waals surface area contributed by atoms with Crippen molar-refractivity contribution in [1.29, 1.82) is 0 Å². The van der Waals surface area contributed by atoms with Crippen molar-refractivity contribution in [3.63, 3.8) is 0 Å². The van der Waals surface area contributed by atoms with E-state index in [-0.39, 0.29) is 4.48 Å². The summed E-state index contributed by atoms with van der Waals surface area (Å²) in [4.78, 5) is 3.36. The van der Waals surface area contributed by atoms with E-state index >= 15 is 0 Å². The highest BCUT2D eigenvalue weighted by atomic mass is 79.9. The van der Waals surface area contributed by atoms with Crippen LogP contribution in [0.2, 0.25) is 0 Å². The number of rotatable bonds is 1. The average molecular weight is 231 g/mol. The molecule has 0 saturated heterocycles. The van der Waals surface area contributed by atoms with Gasteiger partial charge in [-0.25, -0.2) is 0 Å². The van der Waals surface area contributed by atoms with Crippen LogP contribution < -0.4 is 5.73 Å². The van der Waals surface area contributed by atoms with Crippen molar-refractivity contribution in [2.75, 3.05) is 7.05 Å². The first-order valence-corrected chi connectivity index (χ1v) is 3.33. The molecule has 2 N–H and O–H groups in total. The number of alkyl halides is 3. The molecule has 0 atom stereocenters. The first-order valence-electron chi connectivity index (χ1n) is 2.54. The van der Waals surface area contributed by atoms with Gasteiger partial charge in [0, 0.05) is 13.3 Å². The summed E-state index contributed by atoms with van der Waals surface area (Å²) in [7, 11) is 1.35. The molecule has 0 aliphatic rings. The van der Waals surface area contributed by atoms with Crippen molar-refractivity contribution < 1.29 is 13.2 Å². The molecule has 0 amide bonds. The molecule has 0 aliphatic heterocycles. The predicted molar refractivity (Wildman–Crippen MR) is 40.6 cm³/mol. The van der Waals surface area contributed by atoms with Crippen molar-refractivity contribution in [3.8, 4) is 0 Å². The zero-order valence-electron chi connectivity index (χ0n) is 5.61. The molecule has 0 unspecified atom stereocenters. The Morgan fingerprint density at radius 1 is 1.55 bits per heavy atom. The van der Waals surface area contributed by atoms with E-state index in [1.165, 1.54) is 7.05 Å². The molecular formula is C5H6BrF3N2. The van der Waals surface area contributed by atoms with Gasteiger partial charge in [-0.1, -0.05) is 0 Å². The van der Waals surface area contributed by atoms with Gasteiger partial charge in [-0.3, -0.25) is 4.99 Å². The minimum atomic E-state index is -4.50. The van der Waals surface area contributed by atoms with E-state index in [2.05, 4.69) is 20.9 Å². The standard InChI is InChI=1S/C5H6BrF3N2/c1-11-2-3(6)4(10)5(7,8)9/h2H,10H2,1H3. The Morgan fingerprint density at radius 2 is 2.00 bits per heavy atom. The highest BCUT2D eigenvalue weighted by Crippen LogP contribution is 2.25. The maximum absolute atomic E-state index is 11.7. The smallest absolute Gasteiger partial charge is 0.394 e. The first kappa shape index (κ1) is 10.5. The summed E-state index contributed by atoms with van der Waals surface area (Å²) in [5.74, 6) is 0. The quantitative estimate of drug-likeness (QED) is 0.686. The van der Waals surface area contributed by atoms with Crippen molar-refractivity contribution in [1.82, 2.24) is 0 Å². The fourth-order valence-electron chi connectivity index (χ4n) is 0.318. The molecule has 0 radical (unpaired) electrons. The molecule has 0 aromatic rings. The number of aliphatic imine (C=N–C) groups is 1. The lowest BCUT2D eigenvalue weighted by Crippen LogP contribution is -2.20. The maximum Gasteiger partial charge on any atom is 0.431 e. The molecule has 0 bridgehead atoms. The number of nitrogens with zero attached hydrogens (tertiary/aromatic N) is 1. The van der Waals surface area contributed by atoms with Crippen LogP contribution in [0.5, 0.6) is 0 Å². The van der Waals surface area contributed by atoms with Gasteiger partial charge < -0.3 is 5.73 Å². The van der Waals surface area contributed by atoms with Gasteiger partial charge in [0.25, 0.3) is 0 Å². The topological polar surface area (TPSA) is 38.4 Å². The molecule has 0 spiro atoms. The van der Waals surface area contributed by atoms with E-state index in [9.17, 15) is 13.2 Å². The molecule has 0 rings (SSSR count). The lowest BCUT2D eigenvalue weighted by molar-refractivity contribution is -0.0926. The molecule has 0 fully saturated rings.